The SMILES string of the molecule is COC(=O)NCCCn1nc([C@@H](C)N(C(=O)[C@H]2CCCCO2)C2CC2)c2c1CCC2. The van der Waals surface area contributed by atoms with Crippen LogP contribution >= 0.6 is 0 Å². The molecule has 166 valence electrons. The van der Waals surface area contributed by atoms with E-state index in [0.29, 0.717) is 19.2 Å². The number of aromatic nitrogens is 2. The molecule has 2 heterocycles. The number of amides is 2. The summed E-state index contributed by atoms with van der Waals surface area (Å²) in [4.78, 5) is 26.6. The topological polar surface area (TPSA) is 85.7 Å². The number of carbonyl (C=O) groups is 2. The van der Waals surface area contributed by atoms with Gasteiger partial charge >= 0.3 is 6.09 Å². The van der Waals surface area contributed by atoms with Crippen molar-refractivity contribution < 1.29 is 19.1 Å². The molecule has 1 aromatic heterocycles. The third-order valence-electron chi connectivity index (χ3n) is 6.50. The van der Waals surface area contributed by atoms with Gasteiger partial charge < -0.3 is 19.7 Å². The first kappa shape index (κ1) is 21.2. The Hall–Kier alpha value is -2.09. The zero-order chi connectivity index (χ0) is 21.1. The van der Waals surface area contributed by atoms with Crippen LogP contribution in [0.3, 0.4) is 0 Å². The van der Waals surface area contributed by atoms with Crippen LogP contribution in [0.25, 0.3) is 0 Å². The number of hydrogen-bond acceptors (Lipinski definition) is 5. The summed E-state index contributed by atoms with van der Waals surface area (Å²) in [7, 11) is 1.37. The molecule has 1 aliphatic heterocycles. The van der Waals surface area contributed by atoms with Crippen LogP contribution in [-0.2, 0) is 33.7 Å². The molecule has 8 nitrogen and oxygen atoms in total. The van der Waals surface area contributed by atoms with Crippen molar-refractivity contribution in [3.63, 3.8) is 0 Å². The lowest BCUT2D eigenvalue weighted by Crippen LogP contribution is -2.44. The Bertz CT molecular complexity index is 767. The third-order valence-corrected chi connectivity index (χ3v) is 6.50. The van der Waals surface area contributed by atoms with Gasteiger partial charge in [0.15, 0.2) is 0 Å². The van der Waals surface area contributed by atoms with E-state index in [-0.39, 0.29) is 18.1 Å². The third kappa shape index (κ3) is 4.48. The molecule has 2 aliphatic carbocycles. The van der Waals surface area contributed by atoms with Gasteiger partial charge in [-0.3, -0.25) is 9.48 Å². The fraction of sp³-hybridized carbons (Fsp3) is 0.773. The van der Waals surface area contributed by atoms with Gasteiger partial charge in [0.25, 0.3) is 5.91 Å². The van der Waals surface area contributed by atoms with Gasteiger partial charge in [-0.15, -0.1) is 0 Å². The minimum absolute atomic E-state index is 0.0307. The van der Waals surface area contributed by atoms with Crippen molar-refractivity contribution in [2.24, 2.45) is 0 Å². The van der Waals surface area contributed by atoms with Gasteiger partial charge in [0.05, 0.1) is 18.8 Å². The smallest absolute Gasteiger partial charge is 0.406 e. The zero-order valence-electron chi connectivity index (χ0n) is 18.2. The highest BCUT2D eigenvalue weighted by molar-refractivity contribution is 5.82. The second kappa shape index (κ2) is 9.37. The lowest BCUT2D eigenvalue weighted by molar-refractivity contribution is -0.149. The van der Waals surface area contributed by atoms with E-state index in [9.17, 15) is 9.59 Å². The first-order valence-electron chi connectivity index (χ1n) is 11.4. The van der Waals surface area contributed by atoms with Crippen LogP contribution in [0, 0.1) is 0 Å². The standard InChI is InChI=1S/C22H34N4O4/c1-15(26(16-10-11-16)21(27)19-9-3-4-14-30-19)20-17-7-5-8-18(17)25(24-20)13-6-12-23-22(28)29-2/h15-16,19H,3-14H2,1-2H3,(H,23,28)/t15-,19-/m1/s1. The van der Waals surface area contributed by atoms with Gasteiger partial charge in [0.2, 0.25) is 0 Å². The van der Waals surface area contributed by atoms with E-state index in [1.807, 2.05) is 0 Å². The number of nitrogens with zero attached hydrogens (tertiary/aromatic N) is 3. The fourth-order valence-electron chi connectivity index (χ4n) is 4.82. The Morgan fingerprint density at radius 1 is 1.27 bits per heavy atom. The molecule has 30 heavy (non-hydrogen) atoms. The molecular weight excluding hydrogens is 384 g/mol. The lowest BCUT2D eigenvalue weighted by atomic mass is 10.0. The minimum Gasteiger partial charge on any atom is -0.453 e. The molecule has 1 saturated heterocycles. The summed E-state index contributed by atoms with van der Waals surface area (Å²) in [5.41, 5.74) is 3.68. The van der Waals surface area contributed by atoms with Crippen LogP contribution in [-0.4, -0.2) is 59.1 Å². The first-order valence-corrected chi connectivity index (χ1v) is 11.4. The second-order valence-electron chi connectivity index (χ2n) is 8.67. The molecule has 0 radical (unpaired) electrons. The van der Waals surface area contributed by atoms with Gasteiger partial charge in [-0.25, -0.2) is 4.79 Å². The number of nitrogens with one attached hydrogen (secondary N) is 1. The van der Waals surface area contributed by atoms with Crippen molar-refractivity contribution in [2.45, 2.75) is 89.4 Å². The molecule has 2 amide bonds. The molecule has 1 saturated carbocycles. The maximum Gasteiger partial charge on any atom is 0.406 e. The van der Waals surface area contributed by atoms with E-state index in [0.717, 1.165) is 70.0 Å². The molecule has 8 heteroatoms. The van der Waals surface area contributed by atoms with Crippen molar-refractivity contribution in [3.05, 3.63) is 17.0 Å². The number of hydrogen-bond donors (Lipinski definition) is 1. The number of fused-ring (bicyclic) bond motifs is 1. The van der Waals surface area contributed by atoms with E-state index >= 15 is 0 Å². The molecule has 4 rings (SSSR count). The normalized spacial score (nSPS) is 21.7. The number of methoxy groups -OCH3 is 1. The summed E-state index contributed by atoms with van der Waals surface area (Å²) in [6.07, 6.45) is 8.38. The summed E-state index contributed by atoms with van der Waals surface area (Å²) in [6, 6.07) is 0.293. The molecule has 2 atom stereocenters. The summed E-state index contributed by atoms with van der Waals surface area (Å²) < 4.78 is 12.5. The van der Waals surface area contributed by atoms with Crippen molar-refractivity contribution in [1.82, 2.24) is 20.0 Å². The summed E-state index contributed by atoms with van der Waals surface area (Å²) in [5.74, 6) is 0.147. The highest BCUT2D eigenvalue weighted by Crippen LogP contribution is 2.38. The fourth-order valence-corrected chi connectivity index (χ4v) is 4.82. The molecule has 0 aromatic carbocycles. The van der Waals surface area contributed by atoms with Crippen molar-refractivity contribution in [1.29, 1.82) is 0 Å². The molecule has 0 unspecified atom stereocenters. The number of aryl methyl sites for hydroxylation is 1. The van der Waals surface area contributed by atoms with Crippen molar-refractivity contribution in [3.8, 4) is 0 Å². The number of carbonyl (C=O) groups excluding carboxylic acids is 2. The number of rotatable bonds is 8. The second-order valence-corrected chi connectivity index (χ2v) is 8.67. The van der Waals surface area contributed by atoms with Gasteiger partial charge in [-0.05, 0) is 70.3 Å². The van der Waals surface area contributed by atoms with E-state index in [4.69, 9.17) is 9.84 Å². The maximum atomic E-state index is 13.3. The van der Waals surface area contributed by atoms with Crippen LogP contribution in [0.5, 0.6) is 0 Å². The summed E-state index contributed by atoms with van der Waals surface area (Å²) in [6.45, 7) is 4.12. The Kier molecular flexibility index (Phi) is 6.61. The van der Waals surface area contributed by atoms with Crippen LogP contribution in [0.2, 0.25) is 0 Å². The Balaban J connectivity index is 1.48. The average Bonchev–Trinajstić information content (AvgIpc) is 3.37. The van der Waals surface area contributed by atoms with Gasteiger partial charge in [0, 0.05) is 31.4 Å². The van der Waals surface area contributed by atoms with E-state index in [2.05, 4.69) is 26.6 Å². The maximum absolute atomic E-state index is 13.3. The zero-order valence-corrected chi connectivity index (χ0v) is 18.2. The van der Waals surface area contributed by atoms with E-state index in [1.165, 1.54) is 18.4 Å². The van der Waals surface area contributed by atoms with Crippen molar-refractivity contribution >= 4 is 12.0 Å². The van der Waals surface area contributed by atoms with Gasteiger partial charge in [-0.1, -0.05) is 0 Å². The highest BCUT2D eigenvalue weighted by Gasteiger charge is 2.41. The van der Waals surface area contributed by atoms with E-state index < -0.39 is 6.09 Å². The van der Waals surface area contributed by atoms with Gasteiger partial charge in [-0.2, -0.15) is 5.10 Å². The number of alkyl carbamates (subject to hydrolysis) is 1. The summed E-state index contributed by atoms with van der Waals surface area (Å²) in [5, 5.41) is 7.69. The average molecular weight is 419 g/mol. The quantitative estimate of drug-likeness (QED) is 0.656. The summed E-state index contributed by atoms with van der Waals surface area (Å²) >= 11 is 0. The predicted molar refractivity (Wildman–Crippen MR) is 111 cm³/mol. The monoisotopic (exact) mass is 418 g/mol. The van der Waals surface area contributed by atoms with Crippen molar-refractivity contribution in [2.75, 3.05) is 20.3 Å². The van der Waals surface area contributed by atoms with Crippen LogP contribution in [0.1, 0.15) is 74.9 Å². The largest absolute Gasteiger partial charge is 0.453 e. The molecule has 1 aromatic rings. The lowest BCUT2D eigenvalue weighted by Gasteiger charge is -2.33. The van der Waals surface area contributed by atoms with Crippen LogP contribution < -0.4 is 5.32 Å². The first-order chi connectivity index (χ1) is 14.6. The number of ether oxygens (including phenoxy) is 2. The molecule has 3 aliphatic rings. The van der Waals surface area contributed by atoms with Gasteiger partial charge in [0.1, 0.15) is 6.10 Å². The Labute approximate surface area is 178 Å². The van der Waals surface area contributed by atoms with Crippen LogP contribution in [0.4, 0.5) is 4.79 Å². The predicted octanol–water partition coefficient (Wildman–Crippen LogP) is 2.74. The highest BCUT2D eigenvalue weighted by atomic mass is 16.5. The molecule has 0 spiro atoms. The Morgan fingerprint density at radius 2 is 2.10 bits per heavy atom. The van der Waals surface area contributed by atoms with E-state index in [1.54, 1.807) is 0 Å². The molecule has 1 N–H and O–H groups in total. The molecular formula is C22H34N4O4. The minimum atomic E-state index is -0.404. The molecule has 2 fully saturated rings. The molecule has 0 bridgehead atoms. The Morgan fingerprint density at radius 3 is 2.80 bits per heavy atom. The van der Waals surface area contributed by atoms with Crippen LogP contribution in [0.15, 0.2) is 0 Å².